The Kier molecular flexibility index (Phi) is 8.36. The lowest BCUT2D eigenvalue weighted by atomic mass is 9.93. The van der Waals surface area contributed by atoms with Crippen LogP contribution in [0.1, 0.15) is 46.5 Å². The quantitative estimate of drug-likeness (QED) is 0.683. The van der Waals surface area contributed by atoms with Gasteiger partial charge in [-0.15, -0.1) is 0 Å². The molecule has 1 aliphatic heterocycles. The molecule has 3 atom stereocenters. The van der Waals surface area contributed by atoms with E-state index >= 15 is 0 Å². The Hall–Kier alpha value is 0.270. The number of hydrogen-bond donors (Lipinski definition) is 1. The Morgan fingerprint density at radius 3 is 2.78 bits per heavy atom. The summed E-state index contributed by atoms with van der Waals surface area (Å²) in [6.07, 6.45) is 7.47. The number of thioether (sulfide) groups is 1. The van der Waals surface area contributed by atoms with Crippen molar-refractivity contribution in [2.75, 3.05) is 31.6 Å². The highest BCUT2D eigenvalue weighted by Crippen LogP contribution is 2.20. The highest BCUT2D eigenvalue weighted by atomic mass is 32.2. The summed E-state index contributed by atoms with van der Waals surface area (Å²) < 4.78 is 0. The lowest BCUT2D eigenvalue weighted by molar-refractivity contribution is 0.0893. The number of nitrogens with one attached hydrogen (secondary N) is 1. The van der Waals surface area contributed by atoms with Crippen molar-refractivity contribution in [3.05, 3.63) is 0 Å². The summed E-state index contributed by atoms with van der Waals surface area (Å²) in [7, 11) is 0. The minimum atomic E-state index is 0.726. The fraction of sp³-hybridized carbons (Fsp3) is 1.00. The van der Waals surface area contributed by atoms with E-state index in [9.17, 15) is 0 Å². The van der Waals surface area contributed by atoms with E-state index < -0.39 is 0 Å². The van der Waals surface area contributed by atoms with Crippen molar-refractivity contribution in [1.82, 2.24) is 10.2 Å². The molecule has 0 aliphatic carbocycles. The Balaban J connectivity index is 2.49. The molecule has 0 spiro atoms. The van der Waals surface area contributed by atoms with Crippen LogP contribution < -0.4 is 5.32 Å². The van der Waals surface area contributed by atoms with Crippen LogP contribution in [0.2, 0.25) is 0 Å². The van der Waals surface area contributed by atoms with Gasteiger partial charge in [0.05, 0.1) is 0 Å². The molecule has 1 fully saturated rings. The topological polar surface area (TPSA) is 15.3 Å². The van der Waals surface area contributed by atoms with E-state index in [1.54, 1.807) is 0 Å². The van der Waals surface area contributed by atoms with Crippen molar-refractivity contribution in [3.63, 3.8) is 0 Å². The molecule has 1 heterocycles. The van der Waals surface area contributed by atoms with E-state index in [2.05, 4.69) is 37.2 Å². The molecule has 1 saturated heterocycles. The predicted molar refractivity (Wildman–Crippen MR) is 84.5 cm³/mol. The first-order chi connectivity index (χ1) is 8.72. The lowest BCUT2D eigenvalue weighted by Crippen LogP contribution is -2.58. The van der Waals surface area contributed by atoms with Gasteiger partial charge < -0.3 is 5.32 Å². The van der Waals surface area contributed by atoms with Crippen molar-refractivity contribution in [2.24, 2.45) is 5.92 Å². The zero-order valence-electron chi connectivity index (χ0n) is 12.7. The van der Waals surface area contributed by atoms with Gasteiger partial charge in [-0.25, -0.2) is 0 Å². The standard InChI is InChI=1S/C15H32N2S/c1-5-8-14-12-17(9-7-10-18-4)15(11-16-14)13(3)6-2/h13-16H,5-12H2,1-4H3. The number of nitrogens with zero attached hydrogens (tertiary/aromatic N) is 1. The average Bonchev–Trinajstić information content (AvgIpc) is 2.39. The Morgan fingerprint density at radius 1 is 1.39 bits per heavy atom. The van der Waals surface area contributed by atoms with E-state index in [0.29, 0.717) is 0 Å². The fourth-order valence-corrected chi connectivity index (χ4v) is 3.36. The minimum absolute atomic E-state index is 0.726. The summed E-state index contributed by atoms with van der Waals surface area (Å²) in [5, 5.41) is 3.76. The lowest BCUT2D eigenvalue weighted by Gasteiger charge is -2.43. The molecule has 0 bridgehead atoms. The van der Waals surface area contributed by atoms with Crippen LogP contribution in [0.3, 0.4) is 0 Å². The molecule has 0 amide bonds. The van der Waals surface area contributed by atoms with Crippen molar-refractivity contribution >= 4 is 11.8 Å². The van der Waals surface area contributed by atoms with Gasteiger partial charge in [-0.3, -0.25) is 4.90 Å². The molecule has 2 nitrogen and oxygen atoms in total. The number of rotatable bonds is 8. The van der Waals surface area contributed by atoms with Crippen molar-refractivity contribution in [3.8, 4) is 0 Å². The van der Waals surface area contributed by atoms with Crippen LogP contribution in [0.4, 0.5) is 0 Å². The second-order valence-corrected chi connectivity index (χ2v) is 6.67. The molecule has 1 rings (SSSR count). The molecule has 0 aromatic heterocycles. The third kappa shape index (κ3) is 5.10. The average molecular weight is 273 g/mol. The maximum Gasteiger partial charge on any atom is 0.0246 e. The molecule has 1 N–H and O–H groups in total. The van der Waals surface area contributed by atoms with Crippen molar-refractivity contribution < 1.29 is 0 Å². The Labute approximate surface area is 118 Å². The zero-order chi connectivity index (χ0) is 13.4. The molecule has 0 aromatic carbocycles. The largest absolute Gasteiger partial charge is 0.311 e. The fourth-order valence-electron chi connectivity index (χ4n) is 2.94. The van der Waals surface area contributed by atoms with Crippen LogP contribution >= 0.6 is 11.8 Å². The summed E-state index contributed by atoms with van der Waals surface area (Å²) in [6, 6.07) is 1.48. The van der Waals surface area contributed by atoms with Gasteiger partial charge in [0.1, 0.15) is 0 Å². The van der Waals surface area contributed by atoms with E-state index in [4.69, 9.17) is 0 Å². The first-order valence-corrected chi connectivity index (χ1v) is 9.08. The molecule has 108 valence electrons. The second kappa shape index (κ2) is 9.22. The highest BCUT2D eigenvalue weighted by molar-refractivity contribution is 7.98. The van der Waals surface area contributed by atoms with E-state index in [-0.39, 0.29) is 0 Å². The van der Waals surface area contributed by atoms with Gasteiger partial charge in [0.15, 0.2) is 0 Å². The normalized spacial score (nSPS) is 27.3. The summed E-state index contributed by atoms with van der Waals surface area (Å²) >= 11 is 1.97. The molecule has 18 heavy (non-hydrogen) atoms. The van der Waals surface area contributed by atoms with Gasteiger partial charge in [0.25, 0.3) is 0 Å². The van der Waals surface area contributed by atoms with Gasteiger partial charge in [-0.1, -0.05) is 33.6 Å². The Bertz CT molecular complexity index is 211. The molecule has 1 aliphatic rings. The summed E-state index contributed by atoms with van der Waals surface area (Å²) in [4.78, 5) is 2.77. The summed E-state index contributed by atoms with van der Waals surface area (Å²) in [5.41, 5.74) is 0. The van der Waals surface area contributed by atoms with E-state index in [1.807, 2.05) is 11.8 Å². The van der Waals surface area contributed by atoms with Crippen LogP contribution in [0, 0.1) is 5.92 Å². The second-order valence-electron chi connectivity index (χ2n) is 5.69. The Morgan fingerprint density at radius 2 is 2.17 bits per heavy atom. The molecule has 0 saturated carbocycles. The SMILES string of the molecule is CCCC1CN(CCCSC)C(C(C)CC)CN1. The summed E-state index contributed by atoms with van der Waals surface area (Å²) in [5.74, 6) is 2.12. The summed E-state index contributed by atoms with van der Waals surface area (Å²) in [6.45, 7) is 10.8. The third-order valence-corrected chi connectivity index (χ3v) is 4.97. The maximum absolute atomic E-state index is 3.76. The number of piperazine rings is 1. The van der Waals surface area contributed by atoms with Crippen molar-refractivity contribution in [1.29, 1.82) is 0 Å². The molecular weight excluding hydrogens is 240 g/mol. The predicted octanol–water partition coefficient (Wildman–Crippen LogP) is 3.23. The van der Waals surface area contributed by atoms with E-state index in [1.165, 1.54) is 51.1 Å². The molecule has 0 aromatic rings. The van der Waals surface area contributed by atoms with Gasteiger partial charge in [-0.2, -0.15) is 11.8 Å². The highest BCUT2D eigenvalue weighted by Gasteiger charge is 2.29. The van der Waals surface area contributed by atoms with Gasteiger partial charge >= 0.3 is 0 Å². The van der Waals surface area contributed by atoms with Crippen LogP contribution in [-0.4, -0.2) is 48.6 Å². The molecule has 3 unspecified atom stereocenters. The first-order valence-electron chi connectivity index (χ1n) is 7.69. The van der Waals surface area contributed by atoms with Gasteiger partial charge in [-0.05, 0) is 37.3 Å². The molecule has 3 heteroatoms. The first kappa shape index (κ1) is 16.3. The monoisotopic (exact) mass is 272 g/mol. The zero-order valence-corrected chi connectivity index (χ0v) is 13.6. The third-order valence-electron chi connectivity index (χ3n) is 4.27. The van der Waals surface area contributed by atoms with E-state index in [0.717, 1.165) is 18.0 Å². The van der Waals surface area contributed by atoms with Crippen LogP contribution in [-0.2, 0) is 0 Å². The van der Waals surface area contributed by atoms with Crippen LogP contribution in [0.5, 0.6) is 0 Å². The molecule has 0 radical (unpaired) electrons. The van der Waals surface area contributed by atoms with Crippen LogP contribution in [0.15, 0.2) is 0 Å². The van der Waals surface area contributed by atoms with Gasteiger partial charge in [0, 0.05) is 25.2 Å². The molecular formula is C15H32N2S. The smallest absolute Gasteiger partial charge is 0.0246 e. The maximum atomic E-state index is 3.76. The van der Waals surface area contributed by atoms with Crippen LogP contribution in [0.25, 0.3) is 0 Å². The van der Waals surface area contributed by atoms with Gasteiger partial charge in [0.2, 0.25) is 0 Å². The number of hydrogen-bond acceptors (Lipinski definition) is 3. The van der Waals surface area contributed by atoms with Crippen molar-refractivity contribution in [2.45, 2.75) is 58.5 Å². The minimum Gasteiger partial charge on any atom is -0.311 e.